The lowest BCUT2D eigenvalue weighted by molar-refractivity contribution is -0.120. The van der Waals surface area contributed by atoms with Crippen LogP contribution in [0.1, 0.15) is 24.0 Å². The first-order valence-corrected chi connectivity index (χ1v) is 9.43. The highest BCUT2D eigenvalue weighted by Crippen LogP contribution is 2.35. The molecule has 148 valence electrons. The zero-order valence-corrected chi connectivity index (χ0v) is 15.7. The quantitative estimate of drug-likeness (QED) is 0.731. The number of hydrogen-bond acceptors (Lipinski definition) is 3. The van der Waals surface area contributed by atoms with Crippen LogP contribution in [0.4, 0.5) is 9.18 Å². The first kappa shape index (κ1) is 20.0. The predicted molar refractivity (Wildman–Crippen MR) is 105 cm³/mol. The summed E-state index contributed by atoms with van der Waals surface area (Å²) in [6, 6.07) is 16.0. The zero-order chi connectivity index (χ0) is 20.0. The Morgan fingerprint density at radius 3 is 2.46 bits per heavy atom. The summed E-state index contributed by atoms with van der Waals surface area (Å²) in [5, 5.41) is 11.5. The van der Waals surface area contributed by atoms with Gasteiger partial charge in [-0.1, -0.05) is 42.5 Å². The first-order valence-electron chi connectivity index (χ1n) is 9.43. The minimum absolute atomic E-state index is 0.0420. The van der Waals surface area contributed by atoms with Crippen molar-refractivity contribution < 1.29 is 19.1 Å². The molecular weight excluding hydrogens is 359 g/mol. The third-order valence-electron chi connectivity index (χ3n) is 5.27. The number of benzene rings is 2. The topological polar surface area (TPSA) is 69.6 Å². The van der Waals surface area contributed by atoms with Gasteiger partial charge in [0.05, 0.1) is 0 Å². The van der Waals surface area contributed by atoms with Gasteiger partial charge in [0, 0.05) is 37.9 Å². The number of nitrogens with one attached hydrogen (secondary N) is 1. The van der Waals surface area contributed by atoms with Gasteiger partial charge in [-0.05, 0) is 36.2 Å². The molecule has 3 rings (SSSR count). The van der Waals surface area contributed by atoms with Crippen molar-refractivity contribution in [1.29, 1.82) is 0 Å². The number of likely N-dealkylation sites (tertiary alicyclic amines) is 1. The Balaban J connectivity index is 1.65. The van der Waals surface area contributed by atoms with E-state index in [2.05, 4.69) is 22.3 Å². The number of amides is 1. The van der Waals surface area contributed by atoms with Gasteiger partial charge in [-0.2, -0.15) is 0 Å². The number of carboxylic acid groups (broad SMARTS) is 1. The Kier molecular flexibility index (Phi) is 6.41. The minimum Gasteiger partial charge on any atom is -0.465 e. The fourth-order valence-electron chi connectivity index (χ4n) is 3.93. The molecule has 1 heterocycles. The Labute approximate surface area is 164 Å². The van der Waals surface area contributed by atoms with Crippen LogP contribution < -0.4 is 5.32 Å². The molecule has 1 amide bonds. The maximum atomic E-state index is 13.1. The van der Waals surface area contributed by atoms with Gasteiger partial charge >= 0.3 is 6.09 Å². The summed E-state index contributed by atoms with van der Waals surface area (Å²) in [4.78, 5) is 26.0. The average Bonchev–Trinajstić information content (AvgIpc) is 3.05. The molecule has 0 bridgehead atoms. The summed E-state index contributed by atoms with van der Waals surface area (Å²) in [5.74, 6) is -0.286. The van der Waals surface area contributed by atoms with Crippen LogP contribution in [0, 0.1) is 11.2 Å². The molecule has 0 spiro atoms. The van der Waals surface area contributed by atoms with E-state index in [-0.39, 0.29) is 24.6 Å². The molecule has 1 atom stereocenters. The van der Waals surface area contributed by atoms with E-state index < -0.39 is 11.5 Å². The molecule has 1 saturated heterocycles. The summed E-state index contributed by atoms with van der Waals surface area (Å²) < 4.78 is 13.1. The number of rotatable bonds is 8. The monoisotopic (exact) mass is 384 g/mol. The van der Waals surface area contributed by atoms with Crippen molar-refractivity contribution in [3.63, 3.8) is 0 Å². The van der Waals surface area contributed by atoms with Crippen LogP contribution in [0.2, 0.25) is 0 Å². The van der Waals surface area contributed by atoms with Gasteiger partial charge in [0.25, 0.3) is 0 Å². The highest BCUT2D eigenvalue weighted by Gasteiger charge is 2.39. The fraction of sp³-hybridized carbons (Fsp3) is 0.364. The lowest BCUT2D eigenvalue weighted by atomic mass is 9.80. The molecule has 0 aromatic heterocycles. The van der Waals surface area contributed by atoms with Crippen molar-refractivity contribution in [3.8, 4) is 0 Å². The third kappa shape index (κ3) is 5.63. The van der Waals surface area contributed by atoms with E-state index >= 15 is 0 Å². The van der Waals surface area contributed by atoms with Gasteiger partial charge in [-0.25, -0.2) is 9.18 Å². The lowest BCUT2D eigenvalue weighted by Crippen LogP contribution is -2.40. The van der Waals surface area contributed by atoms with E-state index in [1.807, 2.05) is 18.2 Å². The van der Waals surface area contributed by atoms with E-state index in [1.54, 1.807) is 12.1 Å². The van der Waals surface area contributed by atoms with E-state index in [4.69, 9.17) is 5.11 Å². The highest BCUT2D eigenvalue weighted by molar-refractivity contribution is 5.81. The van der Waals surface area contributed by atoms with Crippen molar-refractivity contribution in [1.82, 2.24) is 10.2 Å². The zero-order valence-electron chi connectivity index (χ0n) is 15.7. The summed E-state index contributed by atoms with van der Waals surface area (Å²) >= 11 is 0. The molecule has 0 aliphatic carbocycles. The average molecular weight is 384 g/mol. The Hall–Kier alpha value is -2.73. The van der Waals surface area contributed by atoms with E-state index in [9.17, 15) is 14.0 Å². The molecule has 2 aromatic carbocycles. The second-order valence-corrected chi connectivity index (χ2v) is 7.62. The number of nitrogens with zero attached hydrogens (tertiary/aromatic N) is 1. The number of Topliss-reactive ketones (excluding diaryl/α,β-unsaturated/α-hetero) is 1. The highest BCUT2D eigenvalue weighted by atomic mass is 19.1. The van der Waals surface area contributed by atoms with Crippen LogP contribution in [-0.2, 0) is 17.8 Å². The van der Waals surface area contributed by atoms with Crippen molar-refractivity contribution in [2.75, 3.05) is 19.6 Å². The molecule has 5 nitrogen and oxygen atoms in total. The van der Waals surface area contributed by atoms with E-state index in [0.717, 1.165) is 25.1 Å². The second kappa shape index (κ2) is 8.97. The van der Waals surface area contributed by atoms with Crippen LogP contribution in [0.15, 0.2) is 54.6 Å². The molecule has 6 heteroatoms. The molecule has 2 N–H and O–H groups in total. The molecule has 28 heavy (non-hydrogen) atoms. The van der Waals surface area contributed by atoms with Crippen LogP contribution in [0.3, 0.4) is 0 Å². The largest absolute Gasteiger partial charge is 0.465 e. The standard InChI is InChI=1S/C22H25FN2O3/c23-19-8-6-17(7-9-19)12-20(26)13-22(15-24-21(27)28)10-11-25(16-22)14-18-4-2-1-3-5-18/h1-9,24H,10-16H2,(H,27,28). The number of carbonyl (C=O) groups excluding carboxylic acids is 1. The maximum Gasteiger partial charge on any atom is 0.404 e. The summed E-state index contributed by atoms with van der Waals surface area (Å²) in [7, 11) is 0. The fourth-order valence-corrected chi connectivity index (χ4v) is 3.93. The third-order valence-corrected chi connectivity index (χ3v) is 5.27. The lowest BCUT2D eigenvalue weighted by Gasteiger charge is -2.29. The number of ketones is 1. The molecule has 1 unspecified atom stereocenters. The molecule has 2 aromatic rings. The summed E-state index contributed by atoms with van der Waals surface area (Å²) in [5.41, 5.74) is 1.55. The molecule has 0 radical (unpaired) electrons. The minimum atomic E-state index is -1.08. The molecule has 1 fully saturated rings. The van der Waals surface area contributed by atoms with Gasteiger partial charge in [0.1, 0.15) is 11.6 Å². The molecule has 1 aliphatic heterocycles. The van der Waals surface area contributed by atoms with Gasteiger partial charge in [0.15, 0.2) is 0 Å². The number of hydrogen-bond donors (Lipinski definition) is 2. The SMILES string of the molecule is O=C(Cc1ccc(F)cc1)CC1(CNC(=O)O)CCN(Cc2ccccc2)C1. The van der Waals surface area contributed by atoms with E-state index in [1.165, 1.54) is 17.7 Å². The molecular formula is C22H25FN2O3. The van der Waals surface area contributed by atoms with Crippen LogP contribution in [-0.4, -0.2) is 41.5 Å². The van der Waals surface area contributed by atoms with Crippen LogP contribution >= 0.6 is 0 Å². The van der Waals surface area contributed by atoms with Gasteiger partial charge in [-0.3, -0.25) is 9.69 Å². The molecule has 1 aliphatic rings. The Morgan fingerprint density at radius 1 is 1.07 bits per heavy atom. The van der Waals surface area contributed by atoms with Crippen molar-refractivity contribution in [2.45, 2.75) is 25.8 Å². The molecule has 0 saturated carbocycles. The smallest absolute Gasteiger partial charge is 0.404 e. The Morgan fingerprint density at radius 2 is 1.79 bits per heavy atom. The van der Waals surface area contributed by atoms with Crippen LogP contribution in [0.5, 0.6) is 0 Å². The van der Waals surface area contributed by atoms with Gasteiger partial charge in [0.2, 0.25) is 0 Å². The summed E-state index contributed by atoms with van der Waals surface area (Å²) in [6.07, 6.45) is 0.214. The number of halogens is 1. The van der Waals surface area contributed by atoms with Crippen molar-refractivity contribution >= 4 is 11.9 Å². The normalized spacial score (nSPS) is 19.5. The number of carbonyl (C=O) groups is 2. The van der Waals surface area contributed by atoms with Gasteiger partial charge < -0.3 is 10.4 Å². The van der Waals surface area contributed by atoms with Crippen LogP contribution in [0.25, 0.3) is 0 Å². The van der Waals surface area contributed by atoms with Crippen molar-refractivity contribution in [3.05, 3.63) is 71.5 Å². The summed E-state index contributed by atoms with van der Waals surface area (Å²) in [6.45, 7) is 2.52. The second-order valence-electron chi connectivity index (χ2n) is 7.62. The van der Waals surface area contributed by atoms with Gasteiger partial charge in [-0.15, -0.1) is 0 Å². The first-order chi connectivity index (χ1) is 13.4. The Bertz CT molecular complexity index is 810. The van der Waals surface area contributed by atoms with Crippen molar-refractivity contribution in [2.24, 2.45) is 5.41 Å². The predicted octanol–water partition coefficient (Wildman–Crippen LogP) is 3.49. The maximum absolute atomic E-state index is 13.1. The van der Waals surface area contributed by atoms with E-state index in [0.29, 0.717) is 13.0 Å².